The van der Waals surface area contributed by atoms with Gasteiger partial charge in [-0.05, 0) is 19.3 Å². The van der Waals surface area contributed by atoms with Gasteiger partial charge in [-0.3, -0.25) is 4.79 Å². The molecular weight excluding hydrogens is 246 g/mol. The maximum Gasteiger partial charge on any atom is 0.409 e. The highest BCUT2D eigenvalue weighted by atomic mass is 16.5. The fourth-order valence-electron chi connectivity index (χ4n) is 2.01. The Balaban J connectivity index is 4.81. The van der Waals surface area contributed by atoms with Crippen LogP contribution in [-0.4, -0.2) is 43.8 Å². The first-order valence-corrected chi connectivity index (χ1v) is 6.83. The summed E-state index contributed by atoms with van der Waals surface area (Å²) in [6.45, 7) is 8.43. The fraction of sp³-hybridized carbons (Fsp3) is 0.857. The molecule has 19 heavy (non-hydrogen) atoms. The van der Waals surface area contributed by atoms with Crippen LogP contribution in [-0.2, 0) is 14.3 Å². The number of amides is 1. The van der Waals surface area contributed by atoms with Gasteiger partial charge in [-0.15, -0.1) is 0 Å². The zero-order valence-electron chi connectivity index (χ0n) is 12.9. The summed E-state index contributed by atoms with van der Waals surface area (Å²) in [5.41, 5.74) is 0. The van der Waals surface area contributed by atoms with Crippen molar-refractivity contribution in [2.75, 3.05) is 20.8 Å². The summed E-state index contributed by atoms with van der Waals surface area (Å²) in [6.07, 6.45) is 1.57. The summed E-state index contributed by atoms with van der Waals surface area (Å²) in [5.74, 6) is -0.503. The lowest BCUT2D eigenvalue weighted by Crippen LogP contribution is -2.45. The summed E-state index contributed by atoms with van der Waals surface area (Å²) in [7, 11) is 2.76. The molecule has 0 radical (unpaired) electrons. The lowest BCUT2D eigenvalue weighted by molar-refractivity contribution is -0.147. The van der Waals surface area contributed by atoms with Gasteiger partial charge in [0.2, 0.25) is 0 Å². The molecule has 0 aliphatic heterocycles. The molecule has 3 atom stereocenters. The van der Waals surface area contributed by atoms with Gasteiger partial charge >= 0.3 is 12.1 Å². The third kappa shape index (κ3) is 5.09. The number of esters is 1. The zero-order chi connectivity index (χ0) is 15.0. The summed E-state index contributed by atoms with van der Waals surface area (Å²) in [6, 6.07) is -0.0758. The predicted molar refractivity (Wildman–Crippen MR) is 73.8 cm³/mol. The minimum atomic E-state index is -0.343. The molecule has 0 saturated heterocycles. The smallest absolute Gasteiger partial charge is 0.409 e. The largest absolute Gasteiger partial charge is 0.469 e. The van der Waals surface area contributed by atoms with Crippen LogP contribution in [0.3, 0.4) is 0 Å². The standard InChI is InChI=1S/C14H27NO4/c1-7-8-9-15(14(17)19-6)12(4)10(2)11(3)13(16)18-5/h10-12H,7-9H2,1-6H3. The molecule has 5 nitrogen and oxygen atoms in total. The molecule has 1 amide bonds. The van der Waals surface area contributed by atoms with Crippen LogP contribution < -0.4 is 0 Å². The number of carbonyl (C=O) groups is 2. The molecule has 112 valence electrons. The van der Waals surface area contributed by atoms with E-state index in [1.807, 2.05) is 20.8 Å². The van der Waals surface area contributed by atoms with Crippen LogP contribution in [0.25, 0.3) is 0 Å². The van der Waals surface area contributed by atoms with Crippen molar-refractivity contribution in [2.45, 2.75) is 46.6 Å². The van der Waals surface area contributed by atoms with Crippen molar-refractivity contribution in [3.05, 3.63) is 0 Å². The minimum Gasteiger partial charge on any atom is -0.469 e. The second kappa shape index (κ2) is 8.77. The van der Waals surface area contributed by atoms with Crippen molar-refractivity contribution < 1.29 is 19.1 Å². The molecule has 0 aliphatic rings. The highest BCUT2D eigenvalue weighted by Crippen LogP contribution is 2.22. The van der Waals surface area contributed by atoms with Crippen LogP contribution in [0, 0.1) is 11.8 Å². The number of hydrogen-bond donors (Lipinski definition) is 0. The monoisotopic (exact) mass is 273 g/mol. The maximum atomic E-state index is 11.8. The summed E-state index contributed by atoms with van der Waals surface area (Å²) >= 11 is 0. The van der Waals surface area contributed by atoms with E-state index >= 15 is 0 Å². The molecule has 0 spiro atoms. The molecule has 0 rings (SSSR count). The number of unbranched alkanes of at least 4 members (excludes halogenated alkanes) is 1. The number of carbonyl (C=O) groups excluding carboxylic acids is 2. The molecule has 3 unspecified atom stereocenters. The van der Waals surface area contributed by atoms with Crippen LogP contribution >= 0.6 is 0 Å². The van der Waals surface area contributed by atoms with Crippen molar-refractivity contribution in [3.63, 3.8) is 0 Å². The SMILES string of the molecule is CCCCN(C(=O)OC)C(C)C(C)C(C)C(=O)OC. The van der Waals surface area contributed by atoms with E-state index in [2.05, 4.69) is 6.92 Å². The molecule has 0 aromatic carbocycles. The fourth-order valence-corrected chi connectivity index (χ4v) is 2.01. The lowest BCUT2D eigenvalue weighted by atomic mass is 9.89. The van der Waals surface area contributed by atoms with Crippen molar-refractivity contribution in [3.8, 4) is 0 Å². The average molecular weight is 273 g/mol. The zero-order valence-corrected chi connectivity index (χ0v) is 12.9. The molecule has 0 aliphatic carbocycles. The van der Waals surface area contributed by atoms with Gasteiger partial charge in [-0.25, -0.2) is 4.79 Å². The molecule has 0 heterocycles. The van der Waals surface area contributed by atoms with Crippen molar-refractivity contribution in [2.24, 2.45) is 11.8 Å². The Morgan fingerprint density at radius 1 is 1.11 bits per heavy atom. The molecule has 0 bridgehead atoms. The van der Waals surface area contributed by atoms with Gasteiger partial charge in [0.1, 0.15) is 0 Å². The second-order valence-electron chi connectivity index (χ2n) is 4.93. The number of rotatable bonds is 7. The van der Waals surface area contributed by atoms with E-state index in [0.29, 0.717) is 6.54 Å². The normalized spacial score (nSPS) is 15.3. The van der Waals surface area contributed by atoms with E-state index in [1.54, 1.807) is 4.90 Å². The molecular formula is C14H27NO4. The van der Waals surface area contributed by atoms with E-state index in [1.165, 1.54) is 14.2 Å². The van der Waals surface area contributed by atoms with Crippen LogP contribution in [0.5, 0.6) is 0 Å². The van der Waals surface area contributed by atoms with Crippen molar-refractivity contribution >= 4 is 12.1 Å². The quantitative estimate of drug-likeness (QED) is 0.669. The van der Waals surface area contributed by atoms with E-state index in [4.69, 9.17) is 9.47 Å². The third-order valence-electron chi connectivity index (χ3n) is 3.78. The number of methoxy groups -OCH3 is 2. The Kier molecular flexibility index (Phi) is 8.19. The Morgan fingerprint density at radius 3 is 2.11 bits per heavy atom. The minimum absolute atomic E-state index is 0.00315. The molecule has 0 aromatic rings. The Morgan fingerprint density at radius 2 is 1.68 bits per heavy atom. The van der Waals surface area contributed by atoms with E-state index in [0.717, 1.165) is 12.8 Å². The molecule has 0 saturated carbocycles. The van der Waals surface area contributed by atoms with E-state index in [9.17, 15) is 9.59 Å². The average Bonchev–Trinajstić information content (AvgIpc) is 2.44. The van der Waals surface area contributed by atoms with Gasteiger partial charge in [0.05, 0.1) is 20.1 Å². The van der Waals surface area contributed by atoms with Crippen LogP contribution in [0.4, 0.5) is 4.79 Å². The van der Waals surface area contributed by atoms with Gasteiger partial charge in [-0.1, -0.05) is 27.2 Å². The predicted octanol–water partition coefficient (Wildman–Crippen LogP) is 2.69. The van der Waals surface area contributed by atoms with E-state index < -0.39 is 0 Å². The Labute approximate surface area is 116 Å². The highest BCUT2D eigenvalue weighted by Gasteiger charge is 2.31. The van der Waals surface area contributed by atoms with Crippen molar-refractivity contribution in [1.29, 1.82) is 0 Å². The van der Waals surface area contributed by atoms with Crippen LogP contribution in [0.15, 0.2) is 0 Å². The summed E-state index contributed by atoms with van der Waals surface area (Å²) in [4.78, 5) is 25.1. The molecule has 0 fully saturated rings. The number of nitrogens with zero attached hydrogens (tertiary/aromatic N) is 1. The van der Waals surface area contributed by atoms with Crippen molar-refractivity contribution in [1.82, 2.24) is 4.90 Å². The summed E-state index contributed by atoms with van der Waals surface area (Å²) in [5, 5.41) is 0. The lowest BCUT2D eigenvalue weighted by Gasteiger charge is -2.34. The maximum absolute atomic E-state index is 11.8. The first kappa shape index (κ1) is 17.7. The van der Waals surface area contributed by atoms with E-state index in [-0.39, 0.29) is 29.9 Å². The number of hydrogen-bond acceptors (Lipinski definition) is 4. The summed E-state index contributed by atoms with van der Waals surface area (Å²) < 4.78 is 9.58. The van der Waals surface area contributed by atoms with Gasteiger partial charge in [0.15, 0.2) is 0 Å². The van der Waals surface area contributed by atoms with Gasteiger partial charge < -0.3 is 14.4 Å². The first-order valence-electron chi connectivity index (χ1n) is 6.83. The molecule has 0 N–H and O–H groups in total. The highest BCUT2D eigenvalue weighted by molar-refractivity contribution is 5.72. The number of ether oxygens (including phenoxy) is 2. The third-order valence-corrected chi connectivity index (χ3v) is 3.78. The van der Waals surface area contributed by atoms with Gasteiger partial charge in [-0.2, -0.15) is 0 Å². The van der Waals surface area contributed by atoms with Crippen LogP contribution in [0.2, 0.25) is 0 Å². The second-order valence-corrected chi connectivity index (χ2v) is 4.93. The Hall–Kier alpha value is -1.26. The molecule has 5 heteroatoms. The first-order chi connectivity index (χ1) is 8.90. The molecule has 0 aromatic heterocycles. The Bertz CT molecular complexity index is 293. The van der Waals surface area contributed by atoms with Gasteiger partial charge in [0.25, 0.3) is 0 Å². The van der Waals surface area contributed by atoms with Gasteiger partial charge in [0, 0.05) is 12.6 Å². The topological polar surface area (TPSA) is 55.8 Å². The van der Waals surface area contributed by atoms with Crippen LogP contribution in [0.1, 0.15) is 40.5 Å².